The summed E-state index contributed by atoms with van der Waals surface area (Å²) < 4.78 is 0. The van der Waals surface area contributed by atoms with Crippen LogP contribution < -0.4 is 5.73 Å². The number of nitrogens with zero attached hydrogens (tertiary/aromatic N) is 1. The molecule has 0 aliphatic carbocycles. The standard InChI is InChI=1S/C16H24N2O/c1-11-4-5-12(2)15(6-11)8-16(19)18-10-14(9-17)7-13(18)3/h4-6,13-14H,7-10,17H2,1-3H3. The number of carbonyl (C=O) groups is 1. The molecule has 0 aromatic heterocycles. The van der Waals surface area contributed by atoms with Crippen LogP contribution in [0.4, 0.5) is 0 Å². The van der Waals surface area contributed by atoms with Crippen molar-refractivity contribution < 1.29 is 4.79 Å². The molecule has 2 N–H and O–H groups in total. The highest BCUT2D eigenvalue weighted by Crippen LogP contribution is 2.23. The van der Waals surface area contributed by atoms with E-state index >= 15 is 0 Å². The Labute approximate surface area is 115 Å². The first kappa shape index (κ1) is 14.1. The summed E-state index contributed by atoms with van der Waals surface area (Å²) in [5, 5.41) is 0. The minimum absolute atomic E-state index is 0.233. The summed E-state index contributed by atoms with van der Waals surface area (Å²) in [5.74, 6) is 0.703. The average Bonchev–Trinajstić information content (AvgIpc) is 2.75. The van der Waals surface area contributed by atoms with E-state index in [2.05, 4.69) is 39.0 Å². The van der Waals surface area contributed by atoms with Crippen molar-refractivity contribution in [3.63, 3.8) is 0 Å². The van der Waals surface area contributed by atoms with Gasteiger partial charge in [-0.1, -0.05) is 23.8 Å². The Balaban J connectivity index is 2.07. The Morgan fingerprint density at radius 1 is 1.42 bits per heavy atom. The first-order chi connectivity index (χ1) is 9.01. The first-order valence-corrected chi connectivity index (χ1v) is 7.07. The van der Waals surface area contributed by atoms with Crippen molar-refractivity contribution in [2.45, 2.75) is 39.7 Å². The Morgan fingerprint density at radius 2 is 2.16 bits per heavy atom. The zero-order valence-electron chi connectivity index (χ0n) is 12.1. The Morgan fingerprint density at radius 3 is 2.79 bits per heavy atom. The number of nitrogens with two attached hydrogens (primary N) is 1. The van der Waals surface area contributed by atoms with Gasteiger partial charge in [0.1, 0.15) is 0 Å². The summed E-state index contributed by atoms with van der Waals surface area (Å²) in [6.07, 6.45) is 1.55. The molecule has 104 valence electrons. The number of aryl methyl sites for hydroxylation is 2. The van der Waals surface area contributed by atoms with Crippen LogP contribution in [0.2, 0.25) is 0 Å². The van der Waals surface area contributed by atoms with Crippen molar-refractivity contribution in [2.24, 2.45) is 11.7 Å². The number of rotatable bonds is 3. The predicted octanol–water partition coefficient (Wildman–Crippen LogP) is 2.04. The summed E-state index contributed by atoms with van der Waals surface area (Å²) in [7, 11) is 0. The average molecular weight is 260 g/mol. The number of benzene rings is 1. The van der Waals surface area contributed by atoms with Crippen molar-refractivity contribution in [3.8, 4) is 0 Å². The fourth-order valence-electron chi connectivity index (χ4n) is 2.92. The highest BCUT2D eigenvalue weighted by molar-refractivity contribution is 5.79. The summed E-state index contributed by atoms with van der Waals surface area (Å²) >= 11 is 0. The van der Waals surface area contributed by atoms with Crippen LogP contribution in [0.3, 0.4) is 0 Å². The van der Waals surface area contributed by atoms with Gasteiger partial charge in [-0.25, -0.2) is 0 Å². The number of hydrogen-bond acceptors (Lipinski definition) is 2. The minimum atomic E-state index is 0.233. The van der Waals surface area contributed by atoms with Crippen LogP contribution in [-0.4, -0.2) is 29.9 Å². The Kier molecular flexibility index (Phi) is 4.25. The molecule has 0 radical (unpaired) electrons. The summed E-state index contributed by atoms with van der Waals surface area (Å²) in [4.78, 5) is 14.4. The van der Waals surface area contributed by atoms with Gasteiger partial charge in [0, 0.05) is 12.6 Å². The van der Waals surface area contributed by atoms with Gasteiger partial charge in [0.05, 0.1) is 6.42 Å². The number of amides is 1. The molecule has 3 nitrogen and oxygen atoms in total. The molecule has 0 spiro atoms. The molecule has 2 unspecified atom stereocenters. The predicted molar refractivity (Wildman–Crippen MR) is 78.0 cm³/mol. The van der Waals surface area contributed by atoms with Crippen molar-refractivity contribution >= 4 is 5.91 Å². The fourth-order valence-corrected chi connectivity index (χ4v) is 2.92. The summed E-state index contributed by atoms with van der Waals surface area (Å²) in [5.41, 5.74) is 9.27. The largest absolute Gasteiger partial charge is 0.339 e. The molecule has 1 aromatic carbocycles. The van der Waals surface area contributed by atoms with E-state index in [0.717, 1.165) is 18.5 Å². The molecule has 0 bridgehead atoms. The second-order valence-corrected chi connectivity index (χ2v) is 5.84. The van der Waals surface area contributed by atoms with Gasteiger partial charge in [0.15, 0.2) is 0 Å². The first-order valence-electron chi connectivity index (χ1n) is 7.07. The molecule has 19 heavy (non-hydrogen) atoms. The van der Waals surface area contributed by atoms with Gasteiger partial charge in [0.25, 0.3) is 0 Å². The zero-order chi connectivity index (χ0) is 14.0. The lowest BCUT2D eigenvalue weighted by atomic mass is 10.0. The molecule has 1 heterocycles. The maximum atomic E-state index is 12.4. The van der Waals surface area contributed by atoms with E-state index in [-0.39, 0.29) is 5.91 Å². The van der Waals surface area contributed by atoms with E-state index in [0.29, 0.717) is 24.9 Å². The van der Waals surface area contributed by atoms with Crippen LogP contribution in [0.25, 0.3) is 0 Å². The normalized spacial score (nSPS) is 22.8. The maximum Gasteiger partial charge on any atom is 0.227 e. The molecule has 1 aliphatic rings. The molecule has 2 rings (SSSR count). The van der Waals surface area contributed by atoms with Gasteiger partial charge >= 0.3 is 0 Å². The van der Waals surface area contributed by atoms with Gasteiger partial charge in [-0.05, 0) is 50.8 Å². The van der Waals surface area contributed by atoms with Gasteiger partial charge in [-0.3, -0.25) is 4.79 Å². The van der Waals surface area contributed by atoms with E-state index < -0.39 is 0 Å². The van der Waals surface area contributed by atoms with Crippen LogP contribution in [0.1, 0.15) is 30.0 Å². The quantitative estimate of drug-likeness (QED) is 0.904. The smallest absolute Gasteiger partial charge is 0.227 e. The lowest BCUT2D eigenvalue weighted by Gasteiger charge is -2.22. The number of likely N-dealkylation sites (tertiary alicyclic amines) is 1. The molecule has 1 aromatic rings. The molecule has 3 heteroatoms. The lowest BCUT2D eigenvalue weighted by Crippen LogP contribution is -2.35. The van der Waals surface area contributed by atoms with E-state index in [9.17, 15) is 4.79 Å². The molecular formula is C16H24N2O. The summed E-state index contributed by atoms with van der Waals surface area (Å²) in [6.45, 7) is 7.75. The molecule has 1 aliphatic heterocycles. The van der Waals surface area contributed by atoms with Crippen molar-refractivity contribution in [1.82, 2.24) is 4.90 Å². The van der Waals surface area contributed by atoms with Crippen molar-refractivity contribution in [2.75, 3.05) is 13.1 Å². The van der Waals surface area contributed by atoms with E-state index in [1.807, 2.05) is 4.90 Å². The highest BCUT2D eigenvalue weighted by Gasteiger charge is 2.31. The fraction of sp³-hybridized carbons (Fsp3) is 0.562. The van der Waals surface area contributed by atoms with Gasteiger partial charge < -0.3 is 10.6 Å². The van der Waals surface area contributed by atoms with Gasteiger partial charge in [0.2, 0.25) is 5.91 Å². The minimum Gasteiger partial charge on any atom is -0.339 e. The third-order valence-electron chi connectivity index (χ3n) is 4.16. The van der Waals surface area contributed by atoms with Gasteiger partial charge in [-0.2, -0.15) is 0 Å². The third-order valence-corrected chi connectivity index (χ3v) is 4.16. The van der Waals surface area contributed by atoms with E-state index in [4.69, 9.17) is 5.73 Å². The topological polar surface area (TPSA) is 46.3 Å². The Hall–Kier alpha value is -1.35. The molecule has 1 amide bonds. The maximum absolute atomic E-state index is 12.4. The molecule has 0 saturated carbocycles. The van der Waals surface area contributed by atoms with Crippen LogP contribution in [0.5, 0.6) is 0 Å². The molecular weight excluding hydrogens is 236 g/mol. The number of carbonyl (C=O) groups excluding carboxylic acids is 1. The van der Waals surface area contributed by atoms with Crippen molar-refractivity contribution in [1.29, 1.82) is 0 Å². The zero-order valence-corrected chi connectivity index (χ0v) is 12.1. The highest BCUT2D eigenvalue weighted by atomic mass is 16.2. The van der Waals surface area contributed by atoms with Crippen molar-refractivity contribution in [3.05, 3.63) is 34.9 Å². The molecule has 2 atom stereocenters. The van der Waals surface area contributed by atoms with Crippen LogP contribution >= 0.6 is 0 Å². The second-order valence-electron chi connectivity index (χ2n) is 5.84. The van der Waals surface area contributed by atoms with Crippen LogP contribution in [0, 0.1) is 19.8 Å². The van der Waals surface area contributed by atoms with E-state index in [1.165, 1.54) is 11.1 Å². The van der Waals surface area contributed by atoms with Crippen LogP contribution in [-0.2, 0) is 11.2 Å². The van der Waals surface area contributed by atoms with E-state index in [1.54, 1.807) is 0 Å². The third kappa shape index (κ3) is 3.16. The SMILES string of the molecule is Cc1ccc(C)c(CC(=O)N2CC(CN)CC2C)c1. The lowest BCUT2D eigenvalue weighted by molar-refractivity contribution is -0.131. The van der Waals surface area contributed by atoms with Gasteiger partial charge in [-0.15, -0.1) is 0 Å². The second kappa shape index (κ2) is 5.74. The van der Waals surface area contributed by atoms with Crippen LogP contribution in [0.15, 0.2) is 18.2 Å². The number of hydrogen-bond donors (Lipinski definition) is 1. The molecule has 1 fully saturated rings. The molecule has 1 saturated heterocycles. The monoisotopic (exact) mass is 260 g/mol. The summed E-state index contributed by atoms with van der Waals surface area (Å²) in [6, 6.07) is 6.63. The Bertz CT molecular complexity index is 470.